The van der Waals surface area contributed by atoms with Gasteiger partial charge in [0.05, 0.1) is 0 Å². The fourth-order valence-electron chi connectivity index (χ4n) is 1.59. The van der Waals surface area contributed by atoms with Crippen molar-refractivity contribution in [2.75, 3.05) is 0 Å². The molecule has 0 N–H and O–H groups in total. The second-order valence-corrected chi connectivity index (χ2v) is 3.79. The Balaban J connectivity index is 2.02. The summed E-state index contributed by atoms with van der Waals surface area (Å²) in [5, 5.41) is 0. The van der Waals surface area contributed by atoms with Crippen LogP contribution in [0.15, 0.2) is 17.2 Å². The summed E-state index contributed by atoms with van der Waals surface area (Å²) in [7, 11) is 0. The maximum absolute atomic E-state index is 11.6. The van der Waals surface area contributed by atoms with Gasteiger partial charge in [-0.05, 0) is 19.3 Å². The van der Waals surface area contributed by atoms with Gasteiger partial charge in [0.15, 0.2) is 0 Å². The fraction of sp³-hybridized carbons (Fsp3) is 0.700. The Kier molecular flexibility index (Phi) is 2.25. The molecule has 1 aromatic rings. The highest BCUT2D eigenvalue weighted by Gasteiger charge is 2.20. The maximum Gasteiger partial charge on any atom is 0.328 e. The molecule has 1 aliphatic rings. The number of nitrogens with zero attached hydrogens (tertiary/aromatic N) is 2. The third-order valence-corrected chi connectivity index (χ3v) is 2.73. The quantitative estimate of drug-likeness (QED) is 0.689. The summed E-state index contributed by atoms with van der Waals surface area (Å²) in [5.41, 5.74) is 0.142. The Hall–Kier alpha value is -0.990. The summed E-state index contributed by atoms with van der Waals surface area (Å²) in [6.45, 7) is 3.67. The third-order valence-electron chi connectivity index (χ3n) is 2.73. The largest absolute Gasteiger partial charge is 0.328 e. The van der Waals surface area contributed by atoms with Gasteiger partial charge in [-0.15, -0.1) is 0 Å². The summed E-state index contributed by atoms with van der Waals surface area (Å²) in [5.74, 6) is 0.900. The lowest BCUT2D eigenvalue weighted by atomic mass is 10.3. The molecule has 0 radical (unpaired) electrons. The molecule has 0 aromatic carbocycles. The number of aryl methyl sites for hydroxylation is 2. The van der Waals surface area contributed by atoms with Gasteiger partial charge in [0.1, 0.15) is 0 Å². The van der Waals surface area contributed by atoms with Crippen molar-refractivity contribution in [1.29, 1.82) is 0 Å². The van der Waals surface area contributed by atoms with Crippen LogP contribution in [0.2, 0.25) is 0 Å². The molecule has 2 rings (SSSR count). The molecule has 1 heterocycles. The number of hydrogen-bond acceptors (Lipinski definition) is 1. The molecule has 0 unspecified atom stereocenters. The highest BCUT2D eigenvalue weighted by molar-refractivity contribution is 4.82. The van der Waals surface area contributed by atoms with Crippen molar-refractivity contribution in [1.82, 2.24) is 9.13 Å². The Labute approximate surface area is 78.0 Å². The fourth-order valence-corrected chi connectivity index (χ4v) is 1.59. The van der Waals surface area contributed by atoms with E-state index in [2.05, 4.69) is 0 Å². The smallest absolute Gasteiger partial charge is 0.300 e. The number of aromatic nitrogens is 2. The Bertz CT molecular complexity index is 333. The molecule has 1 saturated carbocycles. The van der Waals surface area contributed by atoms with Gasteiger partial charge < -0.3 is 0 Å². The van der Waals surface area contributed by atoms with Crippen LogP contribution < -0.4 is 5.69 Å². The maximum atomic E-state index is 11.6. The molecule has 0 bridgehead atoms. The highest BCUT2D eigenvalue weighted by atomic mass is 16.1. The first kappa shape index (κ1) is 8.60. The first-order chi connectivity index (χ1) is 6.31. The topological polar surface area (TPSA) is 26.9 Å². The Morgan fingerprint density at radius 1 is 1.38 bits per heavy atom. The zero-order valence-corrected chi connectivity index (χ0v) is 8.07. The minimum absolute atomic E-state index is 0.142. The van der Waals surface area contributed by atoms with Gasteiger partial charge >= 0.3 is 5.69 Å². The predicted octanol–water partition coefficient (Wildman–Crippen LogP) is 1.47. The standard InChI is InChI=1S/C10H16N2O/c1-2-11-7-8-12(10(11)13)6-5-9-3-4-9/h7-9H,2-6H2,1H3. The number of rotatable bonds is 4. The van der Waals surface area contributed by atoms with Crippen LogP contribution in [-0.2, 0) is 13.1 Å². The van der Waals surface area contributed by atoms with E-state index in [1.54, 1.807) is 4.57 Å². The zero-order chi connectivity index (χ0) is 9.26. The van der Waals surface area contributed by atoms with E-state index >= 15 is 0 Å². The van der Waals surface area contributed by atoms with Gasteiger partial charge in [-0.1, -0.05) is 12.8 Å². The first-order valence-corrected chi connectivity index (χ1v) is 5.07. The molecule has 3 nitrogen and oxygen atoms in total. The summed E-state index contributed by atoms with van der Waals surface area (Å²) < 4.78 is 3.56. The van der Waals surface area contributed by atoms with E-state index in [0.29, 0.717) is 0 Å². The van der Waals surface area contributed by atoms with Crippen LogP contribution in [0.5, 0.6) is 0 Å². The van der Waals surface area contributed by atoms with E-state index in [9.17, 15) is 4.79 Å². The average molecular weight is 180 g/mol. The van der Waals surface area contributed by atoms with Crippen LogP contribution in [-0.4, -0.2) is 9.13 Å². The van der Waals surface area contributed by atoms with Crippen LogP contribution in [0.3, 0.4) is 0 Å². The molecular formula is C10H16N2O. The van der Waals surface area contributed by atoms with Crippen LogP contribution in [0.25, 0.3) is 0 Å². The highest BCUT2D eigenvalue weighted by Crippen LogP contribution is 2.32. The summed E-state index contributed by atoms with van der Waals surface area (Å²) in [6, 6.07) is 0. The Morgan fingerprint density at radius 2 is 2.08 bits per heavy atom. The van der Waals surface area contributed by atoms with E-state index in [4.69, 9.17) is 0 Å². The molecule has 72 valence electrons. The molecule has 0 aliphatic heterocycles. The summed E-state index contributed by atoms with van der Waals surface area (Å²) in [4.78, 5) is 11.6. The molecule has 1 aliphatic carbocycles. The Morgan fingerprint density at radius 3 is 2.62 bits per heavy atom. The number of hydrogen-bond donors (Lipinski definition) is 0. The zero-order valence-electron chi connectivity index (χ0n) is 8.07. The van der Waals surface area contributed by atoms with E-state index < -0.39 is 0 Å². The summed E-state index contributed by atoms with van der Waals surface area (Å²) in [6.07, 6.45) is 7.67. The van der Waals surface area contributed by atoms with E-state index in [0.717, 1.165) is 19.0 Å². The van der Waals surface area contributed by atoms with Crippen molar-refractivity contribution in [2.45, 2.75) is 39.3 Å². The van der Waals surface area contributed by atoms with Crippen molar-refractivity contribution in [3.05, 3.63) is 22.9 Å². The van der Waals surface area contributed by atoms with E-state index in [-0.39, 0.29) is 5.69 Å². The molecule has 0 amide bonds. The SMILES string of the molecule is CCn1ccn(CCC2CC2)c1=O. The normalized spacial score (nSPS) is 16.4. The van der Waals surface area contributed by atoms with Crippen molar-refractivity contribution in [3.8, 4) is 0 Å². The molecule has 0 atom stereocenters. The van der Waals surface area contributed by atoms with Crippen molar-refractivity contribution >= 4 is 0 Å². The number of imidazole rings is 1. The van der Waals surface area contributed by atoms with Gasteiger partial charge in [-0.25, -0.2) is 4.79 Å². The van der Waals surface area contributed by atoms with Gasteiger partial charge in [0.2, 0.25) is 0 Å². The first-order valence-electron chi connectivity index (χ1n) is 5.07. The van der Waals surface area contributed by atoms with Crippen molar-refractivity contribution in [2.24, 2.45) is 5.92 Å². The molecule has 3 heteroatoms. The van der Waals surface area contributed by atoms with Gasteiger partial charge in [0.25, 0.3) is 0 Å². The molecular weight excluding hydrogens is 164 g/mol. The lowest BCUT2D eigenvalue weighted by Crippen LogP contribution is -2.23. The monoisotopic (exact) mass is 180 g/mol. The van der Waals surface area contributed by atoms with Gasteiger partial charge in [-0.2, -0.15) is 0 Å². The summed E-state index contributed by atoms with van der Waals surface area (Å²) >= 11 is 0. The predicted molar refractivity (Wildman–Crippen MR) is 51.7 cm³/mol. The molecule has 13 heavy (non-hydrogen) atoms. The minimum Gasteiger partial charge on any atom is -0.300 e. The lowest BCUT2D eigenvalue weighted by molar-refractivity contribution is 0.565. The van der Waals surface area contributed by atoms with E-state index in [1.807, 2.05) is 23.9 Å². The van der Waals surface area contributed by atoms with Gasteiger partial charge in [-0.3, -0.25) is 9.13 Å². The molecule has 0 spiro atoms. The van der Waals surface area contributed by atoms with Crippen LogP contribution in [0, 0.1) is 5.92 Å². The third kappa shape index (κ3) is 1.85. The molecule has 1 fully saturated rings. The second kappa shape index (κ2) is 3.40. The minimum atomic E-state index is 0.142. The van der Waals surface area contributed by atoms with E-state index in [1.165, 1.54) is 19.3 Å². The van der Waals surface area contributed by atoms with Crippen molar-refractivity contribution < 1.29 is 0 Å². The lowest BCUT2D eigenvalue weighted by Gasteiger charge is -1.99. The van der Waals surface area contributed by atoms with Crippen LogP contribution in [0.1, 0.15) is 26.2 Å². The second-order valence-electron chi connectivity index (χ2n) is 3.79. The van der Waals surface area contributed by atoms with Gasteiger partial charge in [0, 0.05) is 25.5 Å². The molecule has 1 aromatic heterocycles. The average Bonchev–Trinajstić information content (AvgIpc) is 2.89. The van der Waals surface area contributed by atoms with Crippen molar-refractivity contribution in [3.63, 3.8) is 0 Å². The molecule has 0 saturated heterocycles. The van der Waals surface area contributed by atoms with Crippen LogP contribution in [0.4, 0.5) is 0 Å². The van der Waals surface area contributed by atoms with Crippen LogP contribution >= 0.6 is 0 Å².